The van der Waals surface area contributed by atoms with E-state index in [2.05, 4.69) is 5.32 Å². The Morgan fingerprint density at radius 1 is 1.60 bits per heavy atom. The highest BCUT2D eigenvalue weighted by molar-refractivity contribution is 6.30. The van der Waals surface area contributed by atoms with Gasteiger partial charge in [-0.15, -0.1) is 0 Å². The number of hydrogen-bond donors (Lipinski definition) is 1. The third-order valence-corrected chi connectivity index (χ3v) is 2.14. The average molecular weight is 230 g/mol. The first-order valence-electron chi connectivity index (χ1n) is 4.58. The fourth-order valence-corrected chi connectivity index (χ4v) is 1.25. The van der Waals surface area contributed by atoms with Crippen LogP contribution in [0.3, 0.4) is 0 Å². The third kappa shape index (κ3) is 3.44. The van der Waals surface area contributed by atoms with Gasteiger partial charge in [0.15, 0.2) is 5.88 Å². The molecule has 15 heavy (non-hydrogen) atoms. The molecule has 1 aromatic rings. The molecule has 82 valence electrons. The minimum Gasteiger partial charge on any atom is -0.475 e. The van der Waals surface area contributed by atoms with Gasteiger partial charge in [0.25, 0.3) is 0 Å². The molecule has 0 heterocycles. The van der Waals surface area contributed by atoms with E-state index in [0.717, 1.165) is 0 Å². The van der Waals surface area contributed by atoms with Gasteiger partial charge in [-0.1, -0.05) is 17.7 Å². The maximum absolute atomic E-state index is 13.3. The molecule has 0 amide bonds. The van der Waals surface area contributed by atoms with E-state index in [1.54, 1.807) is 25.3 Å². The van der Waals surface area contributed by atoms with Crippen LogP contribution in [0.1, 0.15) is 12.5 Å². The second-order valence-electron chi connectivity index (χ2n) is 2.93. The van der Waals surface area contributed by atoms with E-state index in [0.29, 0.717) is 16.5 Å². The molecule has 0 aromatic heterocycles. The van der Waals surface area contributed by atoms with Crippen LogP contribution in [0.4, 0.5) is 4.39 Å². The summed E-state index contributed by atoms with van der Waals surface area (Å²) in [4.78, 5) is 0. The van der Waals surface area contributed by atoms with Crippen molar-refractivity contribution in [3.05, 3.63) is 46.6 Å². The lowest BCUT2D eigenvalue weighted by Crippen LogP contribution is -2.09. The van der Waals surface area contributed by atoms with Gasteiger partial charge in [0.05, 0.1) is 0 Å². The minimum absolute atomic E-state index is 0.184. The molecule has 0 aliphatic rings. The second-order valence-corrected chi connectivity index (χ2v) is 3.36. The van der Waals surface area contributed by atoms with E-state index < -0.39 is 0 Å². The predicted octanol–water partition coefficient (Wildman–Crippen LogP) is 3.08. The maximum atomic E-state index is 13.3. The van der Waals surface area contributed by atoms with Crippen molar-refractivity contribution in [3.63, 3.8) is 0 Å². The molecule has 0 unspecified atom stereocenters. The molecule has 0 fully saturated rings. The SMILES string of the molecule is C/C=C(\NC)OCc1ccc(Cl)cc1F. The maximum Gasteiger partial charge on any atom is 0.182 e. The van der Waals surface area contributed by atoms with Crippen LogP contribution in [-0.4, -0.2) is 7.05 Å². The highest BCUT2D eigenvalue weighted by Crippen LogP contribution is 2.15. The molecule has 0 saturated carbocycles. The Balaban J connectivity index is 2.65. The van der Waals surface area contributed by atoms with Crippen molar-refractivity contribution in [2.75, 3.05) is 7.05 Å². The van der Waals surface area contributed by atoms with Gasteiger partial charge in [0.1, 0.15) is 12.4 Å². The van der Waals surface area contributed by atoms with Gasteiger partial charge in [-0.25, -0.2) is 4.39 Å². The highest BCUT2D eigenvalue weighted by atomic mass is 35.5. The molecule has 1 rings (SSSR count). The summed E-state index contributed by atoms with van der Waals surface area (Å²) in [7, 11) is 1.74. The molecule has 0 aliphatic heterocycles. The van der Waals surface area contributed by atoms with Crippen LogP contribution in [0.25, 0.3) is 0 Å². The number of halogens is 2. The van der Waals surface area contributed by atoms with Crippen molar-refractivity contribution < 1.29 is 9.13 Å². The smallest absolute Gasteiger partial charge is 0.182 e. The Morgan fingerprint density at radius 2 is 2.33 bits per heavy atom. The Labute approximate surface area is 93.7 Å². The number of hydrogen-bond acceptors (Lipinski definition) is 2. The van der Waals surface area contributed by atoms with E-state index in [1.807, 2.05) is 6.92 Å². The molecule has 0 atom stereocenters. The van der Waals surface area contributed by atoms with Gasteiger partial charge in [-0.2, -0.15) is 0 Å². The van der Waals surface area contributed by atoms with Gasteiger partial charge in [0, 0.05) is 17.6 Å². The topological polar surface area (TPSA) is 21.3 Å². The fourth-order valence-electron chi connectivity index (χ4n) is 1.09. The number of nitrogens with one attached hydrogen (secondary N) is 1. The van der Waals surface area contributed by atoms with Gasteiger partial charge < -0.3 is 10.1 Å². The van der Waals surface area contributed by atoms with Crippen molar-refractivity contribution in [2.45, 2.75) is 13.5 Å². The molecule has 1 aromatic carbocycles. The van der Waals surface area contributed by atoms with Crippen molar-refractivity contribution >= 4 is 11.6 Å². The van der Waals surface area contributed by atoms with Crippen LogP contribution in [0, 0.1) is 5.82 Å². The lowest BCUT2D eigenvalue weighted by molar-refractivity contribution is 0.178. The summed E-state index contributed by atoms with van der Waals surface area (Å²) >= 11 is 5.63. The molecule has 0 bridgehead atoms. The summed E-state index contributed by atoms with van der Waals surface area (Å²) in [6, 6.07) is 4.52. The van der Waals surface area contributed by atoms with E-state index in [9.17, 15) is 4.39 Å². The molecular formula is C11H13ClFNO. The largest absolute Gasteiger partial charge is 0.475 e. The van der Waals surface area contributed by atoms with Crippen LogP contribution < -0.4 is 5.32 Å². The van der Waals surface area contributed by atoms with Crippen LogP contribution in [-0.2, 0) is 11.3 Å². The molecule has 0 saturated heterocycles. The number of rotatable bonds is 4. The summed E-state index contributed by atoms with van der Waals surface area (Å²) in [6.45, 7) is 2.02. The summed E-state index contributed by atoms with van der Waals surface area (Å²) in [6.07, 6.45) is 1.77. The Kier molecular flexibility index (Phi) is 4.43. The standard InChI is InChI=1S/C11H13ClFNO/c1-3-11(14-2)15-7-8-4-5-9(12)6-10(8)13/h3-6,14H,7H2,1-2H3/b11-3+. The summed E-state index contributed by atoms with van der Waals surface area (Å²) in [5, 5.41) is 3.23. The molecule has 2 nitrogen and oxygen atoms in total. The number of ether oxygens (including phenoxy) is 1. The van der Waals surface area contributed by atoms with Gasteiger partial charge in [-0.05, 0) is 25.1 Å². The second kappa shape index (κ2) is 5.61. The molecule has 0 aliphatic carbocycles. The summed E-state index contributed by atoms with van der Waals surface area (Å²) < 4.78 is 18.6. The third-order valence-electron chi connectivity index (χ3n) is 1.91. The molecule has 4 heteroatoms. The van der Waals surface area contributed by atoms with Crippen LogP contribution in [0.5, 0.6) is 0 Å². The normalized spacial score (nSPS) is 11.3. The monoisotopic (exact) mass is 229 g/mol. The summed E-state index contributed by atoms with van der Waals surface area (Å²) in [5.74, 6) is 0.262. The molecule has 1 N–H and O–H groups in total. The van der Waals surface area contributed by atoms with Crippen molar-refractivity contribution in [1.29, 1.82) is 0 Å². The number of allylic oxidation sites excluding steroid dienone is 1. The fraction of sp³-hybridized carbons (Fsp3) is 0.273. The zero-order chi connectivity index (χ0) is 11.3. The highest BCUT2D eigenvalue weighted by Gasteiger charge is 2.03. The first kappa shape index (κ1) is 11.9. The Morgan fingerprint density at radius 3 is 2.87 bits per heavy atom. The average Bonchev–Trinajstić information content (AvgIpc) is 2.22. The van der Waals surface area contributed by atoms with Crippen LogP contribution in [0.2, 0.25) is 5.02 Å². The predicted molar refractivity (Wildman–Crippen MR) is 59.0 cm³/mol. The first-order valence-corrected chi connectivity index (χ1v) is 4.96. The zero-order valence-corrected chi connectivity index (χ0v) is 9.44. The lowest BCUT2D eigenvalue weighted by Gasteiger charge is -2.09. The van der Waals surface area contributed by atoms with E-state index >= 15 is 0 Å². The minimum atomic E-state index is -0.353. The van der Waals surface area contributed by atoms with Gasteiger partial charge >= 0.3 is 0 Å². The quantitative estimate of drug-likeness (QED) is 0.802. The van der Waals surface area contributed by atoms with Crippen molar-refractivity contribution in [1.82, 2.24) is 5.32 Å². The van der Waals surface area contributed by atoms with Gasteiger partial charge in [0.2, 0.25) is 0 Å². The van der Waals surface area contributed by atoms with E-state index in [-0.39, 0.29) is 12.4 Å². The summed E-state index contributed by atoms with van der Waals surface area (Å²) in [5.41, 5.74) is 0.481. The van der Waals surface area contributed by atoms with Crippen LogP contribution >= 0.6 is 11.6 Å². The molecular weight excluding hydrogens is 217 g/mol. The molecule has 0 spiro atoms. The zero-order valence-electron chi connectivity index (χ0n) is 8.68. The first-order chi connectivity index (χ1) is 7.17. The lowest BCUT2D eigenvalue weighted by atomic mass is 10.2. The Bertz CT molecular complexity index is 366. The van der Waals surface area contributed by atoms with E-state index in [4.69, 9.17) is 16.3 Å². The van der Waals surface area contributed by atoms with Crippen molar-refractivity contribution in [3.8, 4) is 0 Å². The molecule has 0 radical (unpaired) electrons. The Hall–Kier alpha value is -1.22. The van der Waals surface area contributed by atoms with Crippen molar-refractivity contribution in [2.24, 2.45) is 0 Å². The van der Waals surface area contributed by atoms with E-state index in [1.165, 1.54) is 6.07 Å². The number of benzene rings is 1. The van der Waals surface area contributed by atoms with Gasteiger partial charge in [-0.3, -0.25) is 0 Å². The van der Waals surface area contributed by atoms with Crippen LogP contribution in [0.15, 0.2) is 30.2 Å².